The van der Waals surface area contributed by atoms with Gasteiger partial charge in [0.15, 0.2) is 10.9 Å². The Balaban J connectivity index is 1.58. The molecule has 4 aromatic rings. The van der Waals surface area contributed by atoms with Gasteiger partial charge in [-0.25, -0.2) is 9.78 Å². The predicted octanol–water partition coefficient (Wildman–Crippen LogP) is 3.26. The van der Waals surface area contributed by atoms with E-state index in [0.717, 1.165) is 27.1 Å². The first kappa shape index (κ1) is 24.3. The van der Waals surface area contributed by atoms with Crippen molar-refractivity contribution in [3.05, 3.63) is 110 Å². The van der Waals surface area contributed by atoms with Crippen LogP contribution in [-0.4, -0.2) is 30.6 Å². The summed E-state index contributed by atoms with van der Waals surface area (Å²) in [7, 11) is 0. The molecule has 180 valence electrons. The lowest BCUT2D eigenvalue weighted by Gasteiger charge is -2.15. The summed E-state index contributed by atoms with van der Waals surface area (Å²) in [6.07, 6.45) is 0.677. The third-order valence-electron chi connectivity index (χ3n) is 5.76. The molecule has 0 aliphatic rings. The Morgan fingerprint density at radius 1 is 1.00 bits per heavy atom. The number of rotatable bonds is 9. The number of anilines is 1. The van der Waals surface area contributed by atoms with E-state index in [1.807, 2.05) is 67.6 Å². The minimum Gasteiger partial charge on any atom is -0.384 e. The van der Waals surface area contributed by atoms with E-state index in [4.69, 9.17) is 5.73 Å². The summed E-state index contributed by atoms with van der Waals surface area (Å²) in [5, 5.41) is 0.591. The van der Waals surface area contributed by atoms with E-state index in [2.05, 4.69) is 9.97 Å². The molecule has 0 aliphatic carbocycles. The summed E-state index contributed by atoms with van der Waals surface area (Å²) in [6, 6.07) is 19.3. The molecular formula is C26H27N5O3S. The molecule has 0 amide bonds. The van der Waals surface area contributed by atoms with E-state index >= 15 is 0 Å². The molecule has 0 saturated heterocycles. The van der Waals surface area contributed by atoms with Gasteiger partial charge in [0.05, 0.1) is 18.0 Å². The second-order valence-corrected chi connectivity index (χ2v) is 9.12. The first-order chi connectivity index (χ1) is 16.9. The Kier molecular flexibility index (Phi) is 7.36. The summed E-state index contributed by atoms with van der Waals surface area (Å²) >= 11 is 1.21. The average Bonchev–Trinajstić information content (AvgIpc) is 3.21. The molecule has 2 aromatic heterocycles. The minimum absolute atomic E-state index is 0.0373. The van der Waals surface area contributed by atoms with E-state index in [1.165, 1.54) is 16.3 Å². The lowest BCUT2D eigenvalue weighted by Crippen LogP contribution is -2.44. The number of imidazole rings is 1. The number of thioether (sulfide) groups is 1. The zero-order chi connectivity index (χ0) is 24.9. The lowest BCUT2D eigenvalue weighted by atomic mass is 10.1. The molecule has 9 heteroatoms. The van der Waals surface area contributed by atoms with Gasteiger partial charge in [-0.05, 0) is 25.0 Å². The van der Waals surface area contributed by atoms with Crippen molar-refractivity contribution in [3.8, 4) is 0 Å². The Labute approximate surface area is 206 Å². The minimum atomic E-state index is -0.662. The molecule has 0 aliphatic heterocycles. The first-order valence-corrected chi connectivity index (χ1v) is 12.3. The van der Waals surface area contributed by atoms with Crippen LogP contribution in [0.3, 0.4) is 0 Å². The van der Waals surface area contributed by atoms with Crippen LogP contribution in [0.15, 0.2) is 75.4 Å². The van der Waals surface area contributed by atoms with Gasteiger partial charge in [-0.2, -0.15) is 0 Å². The number of nitrogens with one attached hydrogen (secondary N) is 1. The van der Waals surface area contributed by atoms with Crippen molar-refractivity contribution in [1.29, 1.82) is 0 Å². The third kappa shape index (κ3) is 5.30. The second-order valence-electron chi connectivity index (χ2n) is 8.15. The molecule has 2 heterocycles. The molecule has 8 nitrogen and oxygen atoms in total. The van der Waals surface area contributed by atoms with Gasteiger partial charge >= 0.3 is 5.69 Å². The molecule has 0 unspecified atom stereocenters. The maximum absolute atomic E-state index is 13.2. The number of Topliss-reactive ketones (excluding diaryl/α,β-unsaturated/α-hetero) is 1. The predicted molar refractivity (Wildman–Crippen MR) is 138 cm³/mol. The molecule has 0 atom stereocenters. The lowest BCUT2D eigenvalue weighted by molar-refractivity contribution is 0.102. The number of H-pyrrole nitrogens is 1. The SMILES string of the molecule is CCn1c(=O)c(C(=O)CSc2nc(Cc3ccccc3)c(C)[nH]2)c(N)n(Cc2ccccc2)c1=O. The van der Waals surface area contributed by atoms with Crippen LogP contribution in [0.5, 0.6) is 0 Å². The molecule has 35 heavy (non-hydrogen) atoms. The molecule has 0 saturated carbocycles. The fourth-order valence-corrected chi connectivity index (χ4v) is 4.69. The van der Waals surface area contributed by atoms with E-state index in [-0.39, 0.29) is 30.2 Å². The Morgan fingerprint density at radius 3 is 2.26 bits per heavy atom. The van der Waals surface area contributed by atoms with Crippen LogP contribution in [-0.2, 0) is 19.5 Å². The molecule has 2 aromatic carbocycles. The number of carbonyl (C=O) groups is 1. The molecular weight excluding hydrogens is 462 g/mol. The summed E-state index contributed by atoms with van der Waals surface area (Å²) in [5.74, 6) is -0.593. The Bertz CT molecular complexity index is 1460. The van der Waals surface area contributed by atoms with Gasteiger partial charge < -0.3 is 10.7 Å². The number of aryl methyl sites for hydroxylation is 1. The molecule has 0 bridgehead atoms. The standard InChI is InChI=1S/C26H27N5O3S/c1-3-30-24(33)22(23(27)31(26(30)34)15-19-12-8-5-9-13-19)21(32)16-35-25-28-17(2)20(29-25)14-18-10-6-4-7-11-18/h4-13H,3,14-16,27H2,1-2H3,(H,28,29). The zero-order valence-corrected chi connectivity index (χ0v) is 20.5. The van der Waals surface area contributed by atoms with E-state index in [0.29, 0.717) is 11.6 Å². The van der Waals surface area contributed by atoms with Crippen LogP contribution in [0.1, 0.15) is 39.8 Å². The number of hydrogen-bond acceptors (Lipinski definition) is 6. The number of benzene rings is 2. The smallest absolute Gasteiger partial charge is 0.332 e. The average molecular weight is 490 g/mol. The number of aromatic nitrogens is 4. The van der Waals surface area contributed by atoms with Crippen LogP contribution in [0.25, 0.3) is 0 Å². The zero-order valence-electron chi connectivity index (χ0n) is 19.7. The number of hydrogen-bond donors (Lipinski definition) is 2. The van der Waals surface area contributed by atoms with Crippen LogP contribution >= 0.6 is 11.8 Å². The quantitative estimate of drug-likeness (QED) is 0.275. The molecule has 3 N–H and O–H groups in total. The van der Waals surface area contributed by atoms with Crippen LogP contribution in [0.2, 0.25) is 0 Å². The van der Waals surface area contributed by atoms with Crippen molar-refractivity contribution >= 4 is 23.4 Å². The number of nitrogens with zero attached hydrogens (tertiary/aromatic N) is 3. The number of nitrogen functional groups attached to an aromatic ring is 1. The van der Waals surface area contributed by atoms with Gasteiger partial charge in [0, 0.05) is 18.7 Å². The van der Waals surface area contributed by atoms with Crippen molar-refractivity contribution in [2.45, 2.75) is 38.5 Å². The summed E-state index contributed by atoms with van der Waals surface area (Å²) in [5.41, 5.74) is 8.68. The highest BCUT2D eigenvalue weighted by atomic mass is 32.2. The second kappa shape index (κ2) is 10.6. The van der Waals surface area contributed by atoms with Crippen LogP contribution < -0.4 is 17.0 Å². The van der Waals surface area contributed by atoms with Gasteiger partial charge in [-0.15, -0.1) is 0 Å². The van der Waals surface area contributed by atoms with Crippen LogP contribution in [0.4, 0.5) is 5.82 Å². The fourth-order valence-electron chi connectivity index (χ4n) is 3.88. The highest BCUT2D eigenvalue weighted by molar-refractivity contribution is 7.99. The number of aromatic amines is 1. The van der Waals surface area contributed by atoms with Gasteiger partial charge in [0.1, 0.15) is 11.4 Å². The maximum atomic E-state index is 13.2. The largest absolute Gasteiger partial charge is 0.384 e. The molecule has 0 spiro atoms. The molecule has 0 radical (unpaired) electrons. The van der Waals surface area contributed by atoms with Gasteiger partial charge in [0.25, 0.3) is 5.56 Å². The monoisotopic (exact) mass is 489 g/mol. The Hall–Kier alpha value is -3.85. The van der Waals surface area contributed by atoms with E-state index in [1.54, 1.807) is 6.92 Å². The van der Waals surface area contributed by atoms with Gasteiger partial charge in [-0.1, -0.05) is 72.4 Å². The highest BCUT2D eigenvalue weighted by Crippen LogP contribution is 2.21. The van der Waals surface area contributed by atoms with Crippen LogP contribution in [0, 0.1) is 6.92 Å². The molecule has 4 rings (SSSR count). The number of carbonyl (C=O) groups excluding carboxylic acids is 1. The molecule has 0 fully saturated rings. The number of ketones is 1. The number of nitrogens with two attached hydrogens (primary N) is 1. The van der Waals surface area contributed by atoms with Crippen molar-refractivity contribution in [1.82, 2.24) is 19.1 Å². The van der Waals surface area contributed by atoms with Gasteiger partial charge in [-0.3, -0.25) is 18.7 Å². The highest BCUT2D eigenvalue weighted by Gasteiger charge is 2.23. The first-order valence-electron chi connectivity index (χ1n) is 11.3. The third-order valence-corrected chi connectivity index (χ3v) is 6.64. The normalized spacial score (nSPS) is 11.0. The van der Waals surface area contributed by atoms with Crippen molar-refractivity contribution in [2.75, 3.05) is 11.5 Å². The van der Waals surface area contributed by atoms with Gasteiger partial charge in [0.2, 0.25) is 0 Å². The Morgan fingerprint density at radius 2 is 1.63 bits per heavy atom. The summed E-state index contributed by atoms with van der Waals surface area (Å²) < 4.78 is 2.33. The maximum Gasteiger partial charge on any atom is 0.332 e. The summed E-state index contributed by atoms with van der Waals surface area (Å²) in [6.45, 7) is 3.93. The van der Waals surface area contributed by atoms with E-state index in [9.17, 15) is 14.4 Å². The van der Waals surface area contributed by atoms with E-state index < -0.39 is 17.0 Å². The van der Waals surface area contributed by atoms with Crippen molar-refractivity contribution in [3.63, 3.8) is 0 Å². The van der Waals surface area contributed by atoms with Crippen molar-refractivity contribution < 1.29 is 4.79 Å². The fraction of sp³-hybridized carbons (Fsp3) is 0.231. The summed E-state index contributed by atoms with van der Waals surface area (Å²) in [4.78, 5) is 46.9. The van der Waals surface area contributed by atoms with Crippen molar-refractivity contribution in [2.24, 2.45) is 0 Å². The topological polar surface area (TPSA) is 116 Å².